The maximum atomic E-state index is 12.3. The summed E-state index contributed by atoms with van der Waals surface area (Å²) in [5.74, 6) is 2.90. The maximum absolute atomic E-state index is 12.3. The van der Waals surface area contributed by atoms with Crippen LogP contribution in [0.4, 0.5) is 5.69 Å². The summed E-state index contributed by atoms with van der Waals surface area (Å²) in [7, 11) is 3.26. The summed E-state index contributed by atoms with van der Waals surface area (Å²) in [5, 5.41) is 9.80. The molecule has 2 heterocycles. The zero-order chi connectivity index (χ0) is 22.3. The highest BCUT2D eigenvalue weighted by molar-refractivity contribution is 8.00. The van der Waals surface area contributed by atoms with E-state index < -0.39 is 0 Å². The first-order valence-electron chi connectivity index (χ1n) is 10.1. The number of carbonyl (C=O) groups excluding carboxylic acids is 1. The Morgan fingerprint density at radius 3 is 2.50 bits per heavy atom. The summed E-state index contributed by atoms with van der Waals surface area (Å²) in [6.07, 6.45) is 3.21. The van der Waals surface area contributed by atoms with Gasteiger partial charge < -0.3 is 14.8 Å². The maximum Gasteiger partial charge on any atom is 0.255 e. The minimum Gasteiger partial charge on any atom is -0.493 e. The van der Waals surface area contributed by atoms with Crippen molar-refractivity contribution in [2.45, 2.75) is 6.54 Å². The SMILES string of the molecule is COc1ccc(C2=NN(Cc3ccc(NC(=O)c4ccncc4)cc3)CSC2)cc1OC. The van der Waals surface area contributed by atoms with E-state index in [4.69, 9.17) is 14.6 Å². The molecule has 0 unspecified atom stereocenters. The Bertz CT molecular complexity index is 1100. The van der Waals surface area contributed by atoms with E-state index in [1.165, 1.54) is 0 Å². The summed E-state index contributed by atoms with van der Waals surface area (Å²) in [6.45, 7) is 0.683. The summed E-state index contributed by atoms with van der Waals surface area (Å²) in [5.41, 5.74) is 4.46. The van der Waals surface area contributed by atoms with Crippen molar-refractivity contribution in [2.75, 3.05) is 31.2 Å². The molecule has 7 nitrogen and oxygen atoms in total. The number of thioether (sulfide) groups is 1. The Hall–Kier alpha value is -3.52. The lowest BCUT2D eigenvalue weighted by Gasteiger charge is -2.25. The second-order valence-corrected chi connectivity index (χ2v) is 8.10. The van der Waals surface area contributed by atoms with Crippen molar-refractivity contribution in [1.82, 2.24) is 9.99 Å². The number of methoxy groups -OCH3 is 2. The number of carbonyl (C=O) groups is 1. The lowest BCUT2D eigenvalue weighted by Crippen LogP contribution is -2.25. The number of pyridine rings is 1. The Morgan fingerprint density at radius 2 is 1.78 bits per heavy atom. The van der Waals surface area contributed by atoms with Gasteiger partial charge in [0.15, 0.2) is 11.5 Å². The van der Waals surface area contributed by atoms with E-state index >= 15 is 0 Å². The van der Waals surface area contributed by atoms with E-state index in [1.54, 1.807) is 38.7 Å². The molecular formula is C24H24N4O3S. The average Bonchev–Trinajstić information content (AvgIpc) is 2.85. The highest BCUT2D eigenvalue weighted by Crippen LogP contribution is 2.29. The third kappa shape index (κ3) is 5.20. The molecule has 1 aromatic heterocycles. The molecule has 4 rings (SSSR count). The van der Waals surface area contributed by atoms with Gasteiger partial charge in [0.2, 0.25) is 0 Å². The molecule has 164 valence electrons. The zero-order valence-corrected chi connectivity index (χ0v) is 18.8. The van der Waals surface area contributed by atoms with Gasteiger partial charge in [-0.1, -0.05) is 12.1 Å². The fraction of sp³-hybridized carbons (Fsp3) is 0.208. The molecule has 1 aliphatic rings. The molecule has 1 aliphatic heterocycles. The van der Waals surface area contributed by atoms with Crippen LogP contribution in [0, 0.1) is 0 Å². The van der Waals surface area contributed by atoms with Crippen molar-refractivity contribution in [1.29, 1.82) is 0 Å². The first-order chi connectivity index (χ1) is 15.7. The molecular weight excluding hydrogens is 424 g/mol. The van der Waals surface area contributed by atoms with Crippen LogP contribution in [0.1, 0.15) is 21.5 Å². The van der Waals surface area contributed by atoms with Crippen LogP contribution < -0.4 is 14.8 Å². The molecule has 1 amide bonds. The smallest absolute Gasteiger partial charge is 0.255 e. The Labute approximate surface area is 191 Å². The molecule has 2 aromatic carbocycles. The van der Waals surface area contributed by atoms with Crippen LogP contribution in [0.25, 0.3) is 0 Å². The number of ether oxygens (including phenoxy) is 2. The van der Waals surface area contributed by atoms with Gasteiger partial charge in [-0.3, -0.25) is 14.8 Å². The van der Waals surface area contributed by atoms with Gasteiger partial charge in [-0.2, -0.15) is 5.10 Å². The van der Waals surface area contributed by atoms with Crippen LogP contribution in [-0.2, 0) is 6.54 Å². The van der Waals surface area contributed by atoms with Crippen LogP contribution in [-0.4, -0.2) is 47.5 Å². The van der Waals surface area contributed by atoms with Crippen LogP contribution in [0.15, 0.2) is 72.1 Å². The number of aromatic nitrogens is 1. The first-order valence-corrected chi connectivity index (χ1v) is 11.2. The molecule has 32 heavy (non-hydrogen) atoms. The molecule has 0 bridgehead atoms. The second-order valence-electron chi connectivity index (χ2n) is 7.15. The van der Waals surface area contributed by atoms with Gasteiger partial charge >= 0.3 is 0 Å². The number of amides is 1. The quantitative estimate of drug-likeness (QED) is 0.582. The summed E-state index contributed by atoms with van der Waals surface area (Å²) < 4.78 is 10.8. The van der Waals surface area contributed by atoms with Gasteiger partial charge in [-0.05, 0) is 48.0 Å². The summed E-state index contributed by atoms with van der Waals surface area (Å²) in [4.78, 5) is 16.2. The van der Waals surface area contributed by atoms with Gasteiger partial charge in [0.05, 0.1) is 32.4 Å². The fourth-order valence-corrected chi connectivity index (χ4v) is 4.19. The van der Waals surface area contributed by atoms with Crippen LogP contribution in [0.3, 0.4) is 0 Å². The minimum absolute atomic E-state index is 0.156. The fourth-order valence-electron chi connectivity index (χ4n) is 3.32. The summed E-state index contributed by atoms with van der Waals surface area (Å²) in [6, 6.07) is 17.1. The molecule has 3 aromatic rings. The number of nitrogens with one attached hydrogen (secondary N) is 1. The van der Waals surface area contributed by atoms with E-state index in [2.05, 4.69) is 10.3 Å². The summed E-state index contributed by atoms with van der Waals surface area (Å²) >= 11 is 1.82. The predicted octanol–water partition coefficient (Wildman–Crippen LogP) is 4.26. The van der Waals surface area contributed by atoms with Crippen molar-refractivity contribution in [3.63, 3.8) is 0 Å². The van der Waals surface area contributed by atoms with Crippen molar-refractivity contribution in [3.8, 4) is 11.5 Å². The Morgan fingerprint density at radius 1 is 1.03 bits per heavy atom. The van der Waals surface area contributed by atoms with Crippen molar-refractivity contribution in [3.05, 3.63) is 83.7 Å². The highest BCUT2D eigenvalue weighted by Gasteiger charge is 2.16. The normalized spacial score (nSPS) is 13.3. The van der Waals surface area contributed by atoms with Crippen LogP contribution in [0.2, 0.25) is 0 Å². The largest absolute Gasteiger partial charge is 0.493 e. The zero-order valence-electron chi connectivity index (χ0n) is 17.9. The molecule has 0 spiro atoms. The van der Waals surface area contributed by atoms with Gasteiger partial charge in [-0.15, -0.1) is 11.8 Å². The molecule has 8 heteroatoms. The number of anilines is 1. The third-order valence-corrected chi connectivity index (χ3v) is 5.94. The number of hydrogen-bond acceptors (Lipinski definition) is 7. The highest BCUT2D eigenvalue weighted by atomic mass is 32.2. The number of hydrogen-bond donors (Lipinski definition) is 1. The topological polar surface area (TPSA) is 76.0 Å². The van der Waals surface area contributed by atoms with E-state index in [9.17, 15) is 4.79 Å². The third-order valence-electron chi connectivity index (χ3n) is 4.98. The molecule has 0 saturated carbocycles. The van der Waals surface area contributed by atoms with Crippen molar-refractivity contribution < 1.29 is 14.3 Å². The minimum atomic E-state index is -0.156. The van der Waals surface area contributed by atoms with Crippen molar-refractivity contribution in [2.24, 2.45) is 5.10 Å². The molecule has 1 N–H and O–H groups in total. The van der Waals surface area contributed by atoms with Gasteiger partial charge in [0.1, 0.15) is 0 Å². The number of benzene rings is 2. The first kappa shape index (κ1) is 21.7. The van der Waals surface area contributed by atoms with E-state index in [1.807, 2.05) is 59.2 Å². The van der Waals surface area contributed by atoms with Crippen LogP contribution >= 0.6 is 11.8 Å². The average molecular weight is 449 g/mol. The monoisotopic (exact) mass is 448 g/mol. The lowest BCUT2D eigenvalue weighted by molar-refractivity contribution is 0.102. The van der Waals surface area contributed by atoms with E-state index in [0.717, 1.165) is 34.2 Å². The van der Waals surface area contributed by atoms with Gasteiger partial charge in [-0.25, -0.2) is 0 Å². The Balaban J connectivity index is 1.42. The lowest BCUT2D eigenvalue weighted by atomic mass is 10.1. The van der Waals surface area contributed by atoms with Crippen LogP contribution in [0.5, 0.6) is 11.5 Å². The van der Waals surface area contributed by atoms with E-state index in [0.29, 0.717) is 23.6 Å². The number of nitrogens with zero attached hydrogens (tertiary/aromatic N) is 3. The molecule has 0 radical (unpaired) electrons. The number of rotatable bonds is 7. The molecule has 0 atom stereocenters. The predicted molar refractivity (Wildman–Crippen MR) is 128 cm³/mol. The molecule has 0 fully saturated rings. The standard InChI is InChI=1S/C24H24N4O3S/c1-30-22-8-5-19(13-23(22)31-2)21-15-32-16-28(27-21)14-17-3-6-20(7-4-17)26-24(29)18-9-11-25-12-10-18/h3-13H,14-16H2,1-2H3,(H,26,29). The molecule has 0 saturated heterocycles. The Kier molecular flexibility index (Phi) is 6.91. The second kappa shape index (κ2) is 10.2. The van der Waals surface area contributed by atoms with Crippen molar-refractivity contribution >= 4 is 29.1 Å². The number of hydrazone groups is 1. The van der Waals surface area contributed by atoms with Gasteiger partial charge in [0.25, 0.3) is 5.91 Å². The molecule has 0 aliphatic carbocycles. The van der Waals surface area contributed by atoms with Gasteiger partial charge in [0, 0.05) is 35.0 Å². The van der Waals surface area contributed by atoms with E-state index in [-0.39, 0.29) is 5.91 Å².